The molecular weight excluding hydrogens is 512 g/mol. The summed E-state index contributed by atoms with van der Waals surface area (Å²) in [6, 6.07) is 12.3. The number of amides is 4. The highest BCUT2D eigenvalue weighted by Gasteiger charge is 2.31. The summed E-state index contributed by atoms with van der Waals surface area (Å²) in [5, 5.41) is 5.51. The first-order chi connectivity index (χ1) is 19.0. The van der Waals surface area contributed by atoms with E-state index in [0.717, 1.165) is 5.56 Å². The number of aryl methyl sites for hydroxylation is 1. The number of nitrogens with zero attached hydrogens (tertiary/aromatic N) is 2. The van der Waals surface area contributed by atoms with E-state index in [9.17, 15) is 19.2 Å². The van der Waals surface area contributed by atoms with Gasteiger partial charge in [0, 0.05) is 14.1 Å². The predicted molar refractivity (Wildman–Crippen MR) is 151 cm³/mol. The zero-order valence-corrected chi connectivity index (χ0v) is 23.9. The summed E-state index contributed by atoms with van der Waals surface area (Å²) in [5.41, 5.74) is 1.34. The number of hydrogen-bond acceptors (Lipinski definition) is 6. The third-order valence-electron chi connectivity index (χ3n) is 6.62. The van der Waals surface area contributed by atoms with E-state index in [2.05, 4.69) is 10.6 Å². The van der Waals surface area contributed by atoms with Crippen LogP contribution in [0.15, 0.2) is 48.5 Å². The number of hydrogen-bond donors (Lipinski definition) is 2. The minimum absolute atomic E-state index is 0.140. The van der Waals surface area contributed by atoms with Gasteiger partial charge in [0.05, 0.1) is 25.1 Å². The maximum Gasteiger partial charge on any atom is 0.255 e. The maximum atomic E-state index is 13.5. The van der Waals surface area contributed by atoms with Crippen LogP contribution in [-0.4, -0.2) is 85.9 Å². The van der Waals surface area contributed by atoms with E-state index in [4.69, 9.17) is 9.47 Å². The molecule has 0 bridgehead atoms. The quantitative estimate of drug-likeness (QED) is 0.545. The largest absolute Gasteiger partial charge is 0.492 e. The highest BCUT2D eigenvalue weighted by molar-refractivity contribution is 6.01. The molecule has 0 aromatic heterocycles. The van der Waals surface area contributed by atoms with Gasteiger partial charge in [-0.3, -0.25) is 19.2 Å². The predicted octanol–water partition coefficient (Wildman–Crippen LogP) is 2.40. The molecule has 0 unspecified atom stereocenters. The number of rotatable bonds is 7. The molecule has 216 valence electrons. The topological polar surface area (TPSA) is 117 Å². The summed E-state index contributed by atoms with van der Waals surface area (Å²) in [7, 11) is 3.24. The first-order valence-electron chi connectivity index (χ1n) is 13.6. The molecule has 0 aliphatic carbocycles. The molecule has 0 saturated heterocycles. The van der Waals surface area contributed by atoms with Crippen LogP contribution in [0.5, 0.6) is 11.5 Å². The molecule has 1 aliphatic heterocycles. The van der Waals surface area contributed by atoms with E-state index in [1.54, 1.807) is 38.4 Å². The number of para-hydroxylation sites is 1. The van der Waals surface area contributed by atoms with Gasteiger partial charge in [0.1, 0.15) is 36.8 Å². The van der Waals surface area contributed by atoms with Crippen LogP contribution in [0.2, 0.25) is 0 Å². The van der Waals surface area contributed by atoms with Gasteiger partial charge in [0.25, 0.3) is 5.91 Å². The molecule has 2 aromatic rings. The monoisotopic (exact) mass is 552 g/mol. The Hall–Kier alpha value is -4.08. The second-order valence-corrected chi connectivity index (χ2v) is 10.5. The maximum absolute atomic E-state index is 13.5. The summed E-state index contributed by atoms with van der Waals surface area (Å²) in [5.74, 6) is -0.588. The first-order valence-corrected chi connectivity index (χ1v) is 13.6. The van der Waals surface area contributed by atoms with Crippen molar-refractivity contribution in [3.05, 3.63) is 59.7 Å². The lowest BCUT2D eigenvalue weighted by Crippen LogP contribution is -2.53. The number of nitrogens with one attached hydrogen (secondary N) is 2. The van der Waals surface area contributed by atoms with Crippen LogP contribution in [0.1, 0.15) is 42.6 Å². The Kier molecular flexibility index (Phi) is 10.9. The van der Waals surface area contributed by atoms with Gasteiger partial charge in [-0.25, -0.2) is 0 Å². The number of carbonyl (C=O) groups is 4. The fourth-order valence-electron chi connectivity index (χ4n) is 4.33. The highest BCUT2D eigenvalue weighted by Crippen LogP contribution is 2.19. The standard InChI is InChI=1S/C30H40N4O6/c1-20(2)18-24-29(37)34(5)15-17-40-26-9-7-6-8-23(26)28(36)32-25(19-27(35)31-24)30(38)33(4)14-16-39-22-12-10-21(3)11-13-22/h6-13,20,24-25H,14-19H2,1-5H3,(H,31,35)(H,32,36)/t24-,25-/m0/s1. The summed E-state index contributed by atoms with van der Waals surface area (Å²) >= 11 is 0. The normalized spacial score (nSPS) is 18.6. The van der Waals surface area contributed by atoms with Gasteiger partial charge >= 0.3 is 0 Å². The number of likely N-dealkylation sites (N-methyl/N-ethyl adjacent to an activating group) is 2. The molecule has 0 fully saturated rings. The third kappa shape index (κ3) is 8.72. The Morgan fingerprint density at radius 2 is 1.80 bits per heavy atom. The lowest BCUT2D eigenvalue weighted by Gasteiger charge is -2.28. The minimum Gasteiger partial charge on any atom is -0.492 e. The van der Waals surface area contributed by atoms with Crippen molar-refractivity contribution in [2.45, 2.75) is 45.7 Å². The molecule has 1 heterocycles. The fraction of sp³-hybridized carbons (Fsp3) is 0.467. The molecule has 10 nitrogen and oxygen atoms in total. The molecule has 40 heavy (non-hydrogen) atoms. The minimum atomic E-state index is -1.17. The molecule has 2 aromatic carbocycles. The van der Waals surface area contributed by atoms with E-state index in [1.807, 2.05) is 45.0 Å². The van der Waals surface area contributed by atoms with Crippen molar-refractivity contribution in [1.29, 1.82) is 0 Å². The molecular formula is C30H40N4O6. The molecule has 4 amide bonds. The van der Waals surface area contributed by atoms with Gasteiger partial charge in [-0.05, 0) is 43.5 Å². The Balaban J connectivity index is 1.81. The molecule has 0 saturated carbocycles. The molecule has 3 rings (SSSR count). The van der Waals surface area contributed by atoms with Crippen molar-refractivity contribution in [2.75, 3.05) is 40.4 Å². The summed E-state index contributed by atoms with van der Waals surface area (Å²) in [4.78, 5) is 56.0. The Morgan fingerprint density at radius 3 is 2.50 bits per heavy atom. The van der Waals surface area contributed by atoms with Crippen LogP contribution >= 0.6 is 0 Å². The number of fused-ring (bicyclic) bond motifs is 1. The zero-order chi connectivity index (χ0) is 29.2. The summed E-state index contributed by atoms with van der Waals surface area (Å²) < 4.78 is 11.6. The Morgan fingerprint density at radius 1 is 1.10 bits per heavy atom. The average molecular weight is 553 g/mol. The van der Waals surface area contributed by atoms with Gasteiger partial charge in [-0.1, -0.05) is 43.7 Å². The van der Waals surface area contributed by atoms with Crippen molar-refractivity contribution >= 4 is 23.6 Å². The molecule has 0 radical (unpaired) electrons. The van der Waals surface area contributed by atoms with Crippen molar-refractivity contribution in [1.82, 2.24) is 20.4 Å². The zero-order valence-electron chi connectivity index (χ0n) is 23.9. The third-order valence-corrected chi connectivity index (χ3v) is 6.62. The van der Waals surface area contributed by atoms with E-state index < -0.39 is 29.8 Å². The molecule has 2 atom stereocenters. The summed E-state index contributed by atoms with van der Waals surface area (Å²) in [6.07, 6.45) is 0.0994. The van der Waals surface area contributed by atoms with Gasteiger partial charge in [-0.2, -0.15) is 0 Å². The Labute approximate surface area is 236 Å². The van der Waals surface area contributed by atoms with Crippen LogP contribution in [-0.2, 0) is 14.4 Å². The van der Waals surface area contributed by atoms with Crippen molar-refractivity contribution in [3.63, 3.8) is 0 Å². The van der Waals surface area contributed by atoms with Crippen LogP contribution in [0.25, 0.3) is 0 Å². The fourth-order valence-corrected chi connectivity index (χ4v) is 4.33. The van der Waals surface area contributed by atoms with Crippen molar-refractivity contribution in [2.24, 2.45) is 5.92 Å². The van der Waals surface area contributed by atoms with Crippen molar-refractivity contribution < 1.29 is 28.7 Å². The van der Waals surface area contributed by atoms with E-state index in [-0.39, 0.29) is 50.1 Å². The lowest BCUT2D eigenvalue weighted by atomic mass is 10.0. The second-order valence-electron chi connectivity index (χ2n) is 10.5. The van der Waals surface area contributed by atoms with Crippen molar-refractivity contribution in [3.8, 4) is 11.5 Å². The SMILES string of the molecule is Cc1ccc(OCCN(C)C(=O)[C@@H]2CC(=O)N[C@@H](CC(C)C)C(=O)N(C)CCOc3ccccc3C(=O)N2)cc1. The van der Waals surface area contributed by atoms with Gasteiger partial charge < -0.3 is 29.9 Å². The van der Waals surface area contributed by atoms with E-state index in [1.165, 1.54) is 9.80 Å². The van der Waals surface area contributed by atoms with Gasteiger partial charge in [0.15, 0.2) is 0 Å². The summed E-state index contributed by atoms with van der Waals surface area (Å²) in [6.45, 7) is 6.80. The van der Waals surface area contributed by atoms with Gasteiger partial charge in [-0.15, -0.1) is 0 Å². The lowest BCUT2D eigenvalue weighted by molar-refractivity contribution is -0.137. The second kappa shape index (κ2) is 14.3. The van der Waals surface area contributed by atoms with E-state index in [0.29, 0.717) is 17.9 Å². The molecule has 1 aliphatic rings. The molecule has 0 spiro atoms. The number of carbonyl (C=O) groups excluding carboxylic acids is 4. The number of ether oxygens (including phenoxy) is 2. The van der Waals surface area contributed by atoms with Crippen LogP contribution in [0, 0.1) is 12.8 Å². The molecule has 2 N–H and O–H groups in total. The highest BCUT2D eigenvalue weighted by atomic mass is 16.5. The van der Waals surface area contributed by atoms with Gasteiger partial charge in [0.2, 0.25) is 17.7 Å². The number of benzene rings is 2. The average Bonchev–Trinajstić information content (AvgIpc) is 2.91. The Bertz CT molecular complexity index is 1180. The molecule has 10 heteroatoms. The van der Waals surface area contributed by atoms with Crippen LogP contribution < -0.4 is 20.1 Å². The first kappa shape index (κ1) is 30.5. The smallest absolute Gasteiger partial charge is 0.255 e. The van der Waals surface area contributed by atoms with Crippen LogP contribution in [0.4, 0.5) is 0 Å². The van der Waals surface area contributed by atoms with Crippen LogP contribution in [0.3, 0.4) is 0 Å². The van der Waals surface area contributed by atoms with E-state index >= 15 is 0 Å².